The van der Waals surface area contributed by atoms with E-state index in [0.29, 0.717) is 22.0 Å². The second kappa shape index (κ2) is 5.99. The first kappa shape index (κ1) is 15.3. The minimum Gasteiger partial charge on any atom is -0.451 e. The van der Waals surface area contributed by atoms with Crippen molar-refractivity contribution in [3.8, 4) is 5.69 Å². The number of carbonyl (C=O) groups excluding carboxylic acids is 1. The van der Waals surface area contributed by atoms with Gasteiger partial charge in [0.15, 0.2) is 5.76 Å². The minimum atomic E-state index is -0.362. The van der Waals surface area contributed by atoms with Gasteiger partial charge in [-0.15, -0.1) is 0 Å². The highest BCUT2D eigenvalue weighted by atomic mass is 35.5. The average molecular weight is 354 g/mol. The molecule has 0 atom stereocenters. The number of anilines is 1. The Balaban J connectivity index is 1.55. The van der Waals surface area contributed by atoms with Crippen LogP contribution in [0.2, 0.25) is 5.02 Å². The average Bonchev–Trinajstić information content (AvgIpc) is 3.21. The number of carbonyl (C=O) groups is 1. The van der Waals surface area contributed by atoms with Crippen LogP contribution in [0.1, 0.15) is 10.6 Å². The Bertz CT molecular complexity index is 1120. The van der Waals surface area contributed by atoms with E-state index in [1.807, 2.05) is 0 Å². The number of rotatable bonds is 3. The van der Waals surface area contributed by atoms with Crippen LogP contribution in [0.15, 0.2) is 70.1 Å². The lowest BCUT2D eigenvalue weighted by molar-refractivity contribution is 0.0998. The zero-order valence-corrected chi connectivity index (χ0v) is 13.6. The highest BCUT2D eigenvalue weighted by Gasteiger charge is 2.13. The molecule has 0 bridgehead atoms. The van der Waals surface area contributed by atoms with Crippen LogP contribution in [0.4, 0.5) is 5.69 Å². The first-order valence-electron chi connectivity index (χ1n) is 7.47. The molecule has 0 saturated heterocycles. The molecule has 1 amide bonds. The second-order valence-electron chi connectivity index (χ2n) is 5.43. The fourth-order valence-corrected chi connectivity index (χ4v) is 2.73. The molecule has 0 saturated carbocycles. The molecule has 2 N–H and O–H groups in total. The number of hydrogen-bond donors (Lipinski definition) is 2. The molecule has 0 aliphatic heterocycles. The van der Waals surface area contributed by atoms with Crippen LogP contribution in [0.3, 0.4) is 0 Å². The Kier molecular flexibility index (Phi) is 3.66. The van der Waals surface area contributed by atoms with Crippen molar-refractivity contribution in [3.63, 3.8) is 0 Å². The Labute approximate surface area is 146 Å². The Morgan fingerprint density at radius 2 is 1.92 bits per heavy atom. The molecule has 4 aromatic rings. The molecule has 0 radical (unpaired) electrons. The van der Waals surface area contributed by atoms with Gasteiger partial charge in [-0.2, -0.15) is 0 Å². The van der Waals surface area contributed by atoms with Crippen molar-refractivity contribution < 1.29 is 9.21 Å². The van der Waals surface area contributed by atoms with Gasteiger partial charge in [-0.05, 0) is 48.5 Å². The molecule has 4 rings (SSSR count). The topological polar surface area (TPSA) is 80.0 Å². The van der Waals surface area contributed by atoms with E-state index < -0.39 is 0 Å². The zero-order chi connectivity index (χ0) is 17.4. The Morgan fingerprint density at radius 3 is 2.64 bits per heavy atom. The molecule has 0 fully saturated rings. The van der Waals surface area contributed by atoms with Crippen LogP contribution in [0.5, 0.6) is 0 Å². The molecule has 0 aliphatic rings. The van der Waals surface area contributed by atoms with Crippen LogP contribution in [-0.4, -0.2) is 15.5 Å². The number of nitrogens with zero attached hydrogens (tertiary/aromatic N) is 1. The van der Waals surface area contributed by atoms with Crippen molar-refractivity contribution in [1.82, 2.24) is 9.55 Å². The number of benzene rings is 2. The fourth-order valence-electron chi connectivity index (χ4n) is 2.55. The van der Waals surface area contributed by atoms with Crippen LogP contribution in [0, 0.1) is 0 Å². The lowest BCUT2D eigenvalue weighted by atomic mass is 10.2. The predicted octanol–water partition coefficient (Wildman–Crippen LogP) is 3.82. The van der Waals surface area contributed by atoms with E-state index in [4.69, 9.17) is 16.0 Å². The molecule has 0 spiro atoms. The summed E-state index contributed by atoms with van der Waals surface area (Å²) in [5.41, 5.74) is 1.66. The van der Waals surface area contributed by atoms with Gasteiger partial charge in [0.05, 0.1) is 5.69 Å². The number of aromatic nitrogens is 2. The van der Waals surface area contributed by atoms with E-state index in [0.717, 1.165) is 5.39 Å². The summed E-state index contributed by atoms with van der Waals surface area (Å²) < 4.78 is 7.00. The summed E-state index contributed by atoms with van der Waals surface area (Å²) in [5.74, 6) is -0.165. The maximum Gasteiger partial charge on any atom is 0.330 e. The molecule has 25 heavy (non-hydrogen) atoms. The van der Waals surface area contributed by atoms with Gasteiger partial charge in [-0.25, -0.2) is 4.79 Å². The van der Waals surface area contributed by atoms with E-state index in [1.165, 1.54) is 4.57 Å². The smallest absolute Gasteiger partial charge is 0.330 e. The van der Waals surface area contributed by atoms with Gasteiger partial charge >= 0.3 is 5.69 Å². The van der Waals surface area contributed by atoms with Gasteiger partial charge in [0.2, 0.25) is 0 Å². The number of halogens is 1. The standard InChI is InChI=1S/C18H12ClN3O3/c19-12-1-6-15-11(9-12)10-16(25-15)17(23)21-13-2-4-14(5-3-13)22-8-7-20-18(22)24/h1-10H,(H,20,24)(H,21,23). The van der Waals surface area contributed by atoms with E-state index in [1.54, 1.807) is 60.9 Å². The lowest BCUT2D eigenvalue weighted by Crippen LogP contribution is -2.14. The zero-order valence-electron chi connectivity index (χ0n) is 12.8. The summed E-state index contributed by atoms with van der Waals surface area (Å²) in [6.07, 6.45) is 3.20. The Hall–Kier alpha value is -3.25. The van der Waals surface area contributed by atoms with Crippen LogP contribution in [0.25, 0.3) is 16.7 Å². The first-order valence-corrected chi connectivity index (χ1v) is 7.85. The SMILES string of the molecule is O=C(Nc1ccc(-n2cc[nH]c2=O)cc1)c1cc2cc(Cl)ccc2o1. The summed E-state index contributed by atoms with van der Waals surface area (Å²) in [7, 11) is 0. The van der Waals surface area contributed by atoms with Gasteiger partial charge in [0, 0.05) is 28.5 Å². The van der Waals surface area contributed by atoms with Crippen molar-refractivity contribution in [2.24, 2.45) is 0 Å². The molecular weight excluding hydrogens is 342 g/mol. The summed E-state index contributed by atoms with van der Waals surface area (Å²) in [4.78, 5) is 26.5. The lowest BCUT2D eigenvalue weighted by Gasteiger charge is -2.05. The number of amides is 1. The van der Waals surface area contributed by atoms with Crippen molar-refractivity contribution in [2.75, 3.05) is 5.32 Å². The first-order chi connectivity index (χ1) is 12.1. The third kappa shape index (κ3) is 2.95. The number of nitrogens with one attached hydrogen (secondary N) is 2. The minimum absolute atomic E-state index is 0.197. The largest absolute Gasteiger partial charge is 0.451 e. The van der Waals surface area contributed by atoms with Gasteiger partial charge in [0.1, 0.15) is 5.58 Å². The van der Waals surface area contributed by atoms with E-state index in [2.05, 4.69) is 10.3 Å². The summed E-state index contributed by atoms with van der Waals surface area (Å²) in [6, 6.07) is 13.7. The number of imidazole rings is 1. The van der Waals surface area contributed by atoms with Gasteiger partial charge < -0.3 is 14.7 Å². The van der Waals surface area contributed by atoms with Crippen molar-refractivity contribution in [3.05, 3.63) is 82.2 Å². The van der Waals surface area contributed by atoms with Gasteiger partial charge in [-0.1, -0.05) is 11.6 Å². The van der Waals surface area contributed by atoms with Crippen LogP contribution in [-0.2, 0) is 0 Å². The van der Waals surface area contributed by atoms with Crippen molar-refractivity contribution in [1.29, 1.82) is 0 Å². The number of furan rings is 1. The monoisotopic (exact) mass is 353 g/mol. The normalized spacial score (nSPS) is 10.9. The number of H-pyrrole nitrogens is 1. The van der Waals surface area contributed by atoms with Crippen LogP contribution < -0.4 is 11.0 Å². The number of aromatic amines is 1. The number of hydrogen-bond acceptors (Lipinski definition) is 3. The quantitative estimate of drug-likeness (QED) is 0.587. The van der Waals surface area contributed by atoms with E-state index in [-0.39, 0.29) is 17.4 Å². The summed E-state index contributed by atoms with van der Waals surface area (Å²) in [6.45, 7) is 0. The van der Waals surface area contributed by atoms with Gasteiger partial charge in [-0.3, -0.25) is 9.36 Å². The maximum absolute atomic E-state index is 12.3. The third-order valence-corrected chi connectivity index (χ3v) is 3.99. The third-order valence-electron chi connectivity index (χ3n) is 3.75. The molecule has 0 aliphatic carbocycles. The summed E-state index contributed by atoms with van der Waals surface area (Å²) >= 11 is 5.94. The molecular formula is C18H12ClN3O3. The maximum atomic E-state index is 12.3. The summed E-state index contributed by atoms with van der Waals surface area (Å²) in [5, 5.41) is 4.10. The molecule has 7 heteroatoms. The van der Waals surface area contributed by atoms with E-state index in [9.17, 15) is 9.59 Å². The van der Waals surface area contributed by atoms with Gasteiger partial charge in [0.25, 0.3) is 5.91 Å². The molecule has 6 nitrogen and oxygen atoms in total. The molecule has 0 unspecified atom stereocenters. The molecule has 2 aromatic heterocycles. The highest BCUT2D eigenvalue weighted by Crippen LogP contribution is 2.23. The van der Waals surface area contributed by atoms with Crippen LogP contribution >= 0.6 is 11.6 Å². The predicted molar refractivity (Wildman–Crippen MR) is 95.6 cm³/mol. The van der Waals surface area contributed by atoms with Crippen molar-refractivity contribution in [2.45, 2.75) is 0 Å². The molecule has 124 valence electrons. The molecule has 2 aromatic carbocycles. The van der Waals surface area contributed by atoms with Crippen molar-refractivity contribution >= 4 is 34.2 Å². The number of fused-ring (bicyclic) bond motifs is 1. The fraction of sp³-hybridized carbons (Fsp3) is 0. The Morgan fingerprint density at radius 1 is 1.12 bits per heavy atom. The molecule has 2 heterocycles. The van der Waals surface area contributed by atoms with E-state index >= 15 is 0 Å². The highest BCUT2D eigenvalue weighted by molar-refractivity contribution is 6.31. The second-order valence-corrected chi connectivity index (χ2v) is 5.87.